The molecule has 11 heteroatoms. The molecule has 0 fully saturated rings. The number of carbonyl (C=O) groups is 1. The largest absolute Gasteiger partial charge is 0.433 e. The van der Waals surface area contributed by atoms with Crippen LogP contribution in [0.5, 0.6) is 0 Å². The Bertz CT molecular complexity index is 1840. The third kappa shape index (κ3) is 4.82. The van der Waals surface area contributed by atoms with Gasteiger partial charge in [0, 0.05) is 22.8 Å². The van der Waals surface area contributed by atoms with E-state index in [1.807, 2.05) is 36.4 Å². The Balaban J connectivity index is 1.36. The van der Waals surface area contributed by atoms with E-state index in [1.165, 1.54) is 0 Å². The van der Waals surface area contributed by atoms with Crippen LogP contribution in [0.15, 0.2) is 91.3 Å². The van der Waals surface area contributed by atoms with E-state index in [-0.39, 0.29) is 22.7 Å². The fourth-order valence-electron chi connectivity index (χ4n) is 4.39. The number of amides is 1. The van der Waals surface area contributed by atoms with Gasteiger partial charge in [0.2, 0.25) is 0 Å². The number of nitrogens with zero attached hydrogens (tertiary/aromatic N) is 5. The SMILES string of the molecule is O=C(Nc1ccn(Cc2ccc(Cl)cc2)n1)c1cnn2c(C(F)(F)F)cc(-c3cccc4ccccc34)nc12. The zero-order chi connectivity index (χ0) is 27.1. The summed E-state index contributed by atoms with van der Waals surface area (Å²) in [4.78, 5) is 17.6. The van der Waals surface area contributed by atoms with Crippen LogP contribution in [0.3, 0.4) is 0 Å². The van der Waals surface area contributed by atoms with E-state index in [9.17, 15) is 18.0 Å². The minimum atomic E-state index is -4.74. The molecular weight excluding hydrogens is 529 g/mol. The van der Waals surface area contributed by atoms with Crippen LogP contribution >= 0.6 is 11.6 Å². The van der Waals surface area contributed by atoms with Crippen LogP contribution in [0.4, 0.5) is 19.0 Å². The maximum absolute atomic E-state index is 14.1. The summed E-state index contributed by atoms with van der Waals surface area (Å²) in [6, 6.07) is 22.4. The Morgan fingerprint density at radius 1 is 0.974 bits per heavy atom. The van der Waals surface area contributed by atoms with Gasteiger partial charge in [-0.25, -0.2) is 9.50 Å². The summed E-state index contributed by atoms with van der Waals surface area (Å²) in [5, 5.41) is 13.0. The second-order valence-electron chi connectivity index (χ2n) is 8.82. The second-order valence-corrected chi connectivity index (χ2v) is 9.26. The molecule has 3 aromatic carbocycles. The lowest BCUT2D eigenvalue weighted by atomic mass is 10.0. The minimum absolute atomic E-state index is 0.0772. The number of alkyl halides is 3. The lowest BCUT2D eigenvalue weighted by Crippen LogP contribution is -2.16. The van der Waals surface area contributed by atoms with Gasteiger partial charge in [-0.15, -0.1) is 0 Å². The summed E-state index contributed by atoms with van der Waals surface area (Å²) in [6.45, 7) is 0.439. The molecule has 0 aliphatic carbocycles. The molecule has 7 nitrogen and oxygen atoms in total. The average molecular weight is 547 g/mol. The molecule has 0 saturated heterocycles. The van der Waals surface area contributed by atoms with Crippen molar-refractivity contribution < 1.29 is 18.0 Å². The van der Waals surface area contributed by atoms with Gasteiger partial charge in [0.15, 0.2) is 17.2 Å². The summed E-state index contributed by atoms with van der Waals surface area (Å²) < 4.78 is 44.5. The molecule has 0 atom stereocenters. The highest BCUT2D eigenvalue weighted by Gasteiger charge is 2.36. The molecular formula is C28H18ClF3N6O. The summed E-state index contributed by atoms with van der Waals surface area (Å²) in [7, 11) is 0. The smallest absolute Gasteiger partial charge is 0.305 e. The number of halogens is 4. The van der Waals surface area contributed by atoms with Crippen molar-refractivity contribution in [2.45, 2.75) is 12.7 Å². The monoisotopic (exact) mass is 546 g/mol. The predicted molar refractivity (Wildman–Crippen MR) is 142 cm³/mol. The normalized spacial score (nSPS) is 11.8. The van der Waals surface area contributed by atoms with Crippen molar-refractivity contribution in [1.29, 1.82) is 0 Å². The van der Waals surface area contributed by atoms with E-state index in [0.29, 0.717) is 21.6 Å². The first-order valence-electron chi connectivity index (χ1n) is 11.8. The molecule has 194 valence electrons. The quantitative estimate of drug-likeness (QED) is 0.260. The van der Waals surface area contributed by atoms with Gasteiger partial charge < -0.3 is 5.32 Å². The highest BCUT2D eigenvalue weighted by atomic mass is 35.5. The van der Waals surface area contributed by atoms with Gasteiger partial charge in [-0.3, -0.25) is 9.48 Å². The summed E-state index contributed by atoms with van der Waals surface area (Å²) in [5.41, 5.74) is 0.165. The van der Waals surface area contributed by atoms with Crippen LogP contribution in [0.1, 0.15) is 21.6 Å². The van der Waals surface area contributed by atoms with E-state index in [4.69, 9.17) is 11.6 Å². The topological polar surface area (TPSA) is 77.1 Å². The van der Waals surface area contributed by atoms with Gasteiger partial charge in [-0.2, -0.15) is 23.4 Å². The first kappa shape index (κ1) is 24.6. The van der Waals surface area contributed by atoms with Crippen LogP contribution in [0.25, 0.3) is 27.7 Å². The summed E-state index contributed by atoms with van der Waals surface area (Å²) >= 11 is 5.93. The number of hydrogen-bond donors (Lipinski definition) is 1. The van der Waals surface area contributed by atoms with E-state index in [1.54, 1.807) is 47.3 Å². The Labute approximate surface area is 224 Å². The molecule has 0 unspecified atom stereocenters. The lowest BCUT2D eigenvalue weighted by molar-refractivity contribution is -0.142. The molecule has 0 aliphatic heterocycles. The minimum Gasteiger partial charge on any atom is -0.305 e. The number of carbonyl (C=O) groups excluding carboxylic acids is 1. The molecule has 3 heterocycles. The Morgan fingerprint density at radius 2 is 1.74 bits per heavy atom. The molecule has 39 heavy (non-hydrogen) atoms. The van der Waals surface area contributed by atoms with Crippen molar-refractivity contribution in [2.75, 3.05) is 5.32 Å². The van der Waals surface area contributed by atoms with Gasteiger partial charge in [0.05, 0.1) is 18.4 Å². The van der Waals surface area contributed by atoms with Gasteiger partial charge in [-0.1, -0.05) is 66.2 Å². The van der Waals surface area contributed by atoms with Gasteiger partial charge in [0.25, 0.3) is 5.91 Å². The zero-order valence-corrected chi connectivity index (χ0v) is 20.8. The van der Waals surface area contributed by atoms with Crippen LogP contribution in [-0.4, -0.2) is 30.3 Å². The molecule has 6 aromatic rings. The molecule has 0 saturated carbocycles. The van der Waals surface area contributed by atoms with E-state index in [0.717, 1.165) is 28.6 Å². The number of nitrogens with one attached hydrogen (secondary N) is 1. The molecule has 0 bridgehead atoms. The number of aromatic nitrogens is 5. The Morgan fingerprint density at radius 3 is 2.54 bits per heavy atom. The van der Waals surface area contributed by atoms with Gasteiger partial charge in [-0.05, 0) is 34.5 Å². The molecule has 0 radical (unpaired) electrons. The number of fused-ring (bicyclic) bond motifs is 2. The van der Waals surface area contributed by atoms with Crippen molar-refractivity contribution in [2.24, 2.45) is 0 Å². The summed E-state index contributed by atoms with van der Waals surface area (Å²) in [5.74, 6) is -0.452. The maximum atomic E-state index is 14.1. The maximum Gasteiger partial charge on any atom is 0.433 e. The third-order valence-electron chi connectivity index (χ3n) is 6.21. The molecule has 0 spiro atoms. The zero-order valence-electron chi connectivity index (χ0n) is 20.0. The van der Waals surface area contributed by atoms with Crippen molar-refractivity contribution >= 4 is 39.7 Å². The molecule has 1 amide bonds. The van der Waals surface area contributed by atoms with Crippen LogP contribution in [0.2, 0.25) is 5.02 Å². The molecule has 1 N–H and O–H groups in total. The number of benzene rings is 3. The Hall–Kier alpha value is -4.70. The second kappa shape index (κ2) is 9.55. The number of rotatable bonds is 5. The van der Waals surface area contributed by atoms with Crippen LogP contribution < -0.4 is 5.32 Å². The van der Waals surface area contributed by atoms with Crippen molar-refractivity contribution in [3.63, 3.8) is 0 Å². The lowest BCUT2D eigenvalue weighted by Gasteiger charge is -2.13. The van der Waals surface area contributed by atoms with Crippen molar-refractivity contribution in [1.82, 2.24) is 24.4 Å². The Kier molecular flexibility index (Phi) is 6.03. The standard InChI is InChI=1S/C28H18ClF3N6O/c29-19-10-8-17(9-11-19)16-37-13-12-25(36-37)35-27(39)22-15-33-38-24(28(30,31)32)14-23(34-26(22)38)21-7-3-5-18-4-1-2-6-20(18)21/h1-15H,16H2,(H,35,36,39). The first-order chi connectivity index (χ1) is 18.8. The average Bonchev–Trinajstić information content (AvgIpc) is 3.55. The third-order valence-corrected chi connectivity index (χ3v) is 6.46. The van der Waals surface area contributed by atoms with E-state index in [2.05, 4.69) is 20.5 Å². The van der Waals surface area contributed by atoms with Crippen molar-refractivity contribution in [3.05, 3.63) is 113 Å². The first-order valence-corrected chi connectivity index (χ1v) is 12.2. The molecule has 0 aliphatic rings. The number of anilines is 1. The predicted octanol–water partition coefficient (Wildman–Crippen LogP) is 6.72. The fraction of sp³-hybridized carbons (Fsp3) is 0.0714. The van der Waals surface area contributed by atoms with Crippen LogP contribution in [-0.2, 0) is 12.7 Å². The number of hydrogen-bond acceptors (Lipinski definition) is 4. The van der Waals surface area contributed by atoms with Crippen LogP contribution in [0, 0.1) is 0 Å². The fourth-order valence-corrected chi connectivity index (χ4v) is 4.51. The van der Waals surface area contributed by atoms with Gasteiger partial charge >= 0.3 is 6.18 Å². The summed E-state index contributed by atoms with van der Waals surface area (Å²) in [6.07, 6.45) is -1.98. The molecule has 3 aromatic heterocycles. The highest BCUT2D eigenvalue weighted by molar-refractivity contribution is 6.30. The van der Waals surface area contributed by atoms with E-state index < -0.39 is 17.8 Å². The highest BCUT2D eigenvalue weighted by Crippen LogP contribution is 2.35. The van der Waals surface area contributed by atoms with Crippen molar-refractivity contribution in [3.8, 4) is 11.3 Å². The molecule has 6 rings (SSSR count). The van der Waals surface area contributed by atoms with E-state index >= 15 is 0 Å². The van der Waals surface area contributed by atoms with Gasteiger partial charge in [0.1, 0.15) is 5.56 Å².